The van der Waals surface area contributed by atoms with E-state index >= 15 is 0 Å². The number of rotatable bonds is 1. The standard InChI is InChI=1S/C9H16O2/c1-7(2)9(11)6-4-3-5-8(9)10/h7,11H,3-6H2,1-2H3/t9-/m0/s1. The Labute approximate surface area is 67.6 Å². The Hall–Kier alpha value is -0.370. The molecular formula is C9H16O2. The zero-order valence-corrected chi connectivity index (χ0v) is 7.26. The van der Waals surface area contributed by atoms with Crippen molar-refractivity contribution in [1.82, 2.24) is 0 Å². The van der Waals surface area contributed by atoms with Crippen LogP contribution in [0.3, 0.4) is 0 Å². The van der Waals surface area contributed by atoms with E-state index in [-0.39, 0.29) is 11.7 Å². The Kier molecular flexibility index (Phi) is 2.33. The maximum atomic E-state index is 11.3. The maximum Gasteiger partial charge on any atom is 0.164 e. The summed E-state index contributed by atoms with van der Waals surface area (Å²) in [6, 6.07) is 0. The highest BCUT2D eigenvalue weighted by molar-refractivity contribution is 5.87. The Balaban J connectivity index is 2.73. The van der Waals surface area contributed by atoms with Gasteiger partial charge >= 0.3 is 0 Å². The van der Waals surface area contributed by atoms with Gasteiger partial charge in [0.1, 0.15) is 5.60 Å². The summed E-state index contributed by atoms with van der Waals surface area (Å²) in [7, 11) is 0. The molecule has 1 N–H and O–H groups in total. The van der Waals surface area contributed by atoms with Crippen LogP contribution in [0.4, 0.5) is 0 Å². The molecule has 0 amide bonds. The van der Waals surface area contributed by atoms with Gasteiger partial charge in [0, 0.05) is 6.42 Å². The van der Waals surface area contributed by atoms with E-state index in [0.717, 1.165) is 12.8 Å². The minimum Gasteiger partial charge on any atom is -0.382 e. The molecule has 0 unspecified atom stereocenters. The van der Waals surface area contributed by atoms with Crippen LogP contribution < -0.4 is 0 Å². The highest BCUT2D eigenvalue weighted by Gasteiger charge is 2.39. The van der Waals surface area contributed by atoms with Crippen molar-refractivity contribution in [2.75, 3.05) is 0 Å². The molecule has 2 heteroatoms. The van der Waals surface area contributed by atoms with Crippen LogP contribution in [0.2, 0.25) is 0 Å². The number of aliphatic hydroxyl groups is 1. The molecule has 1 fully saturated rings. The third-order valence-corrected chi connectivity index (χ3v) is 2.65. The van der Waals surface area contributed by atoms with Gasteiger partial charge < -0.3 is 5.11 Å². The van der Waals surface area contributed by atoms with Crippen molar-refractivity contribution in [1.29, 1.82) is 0 Å². The smallest absolute Gasteiger partial charge is 0.164 e. The summed E-state index contributed by atoms with van der Waals surface area (Å²) in [4.78, 5) is 11.3. The molecule has 0 aromatic carbocycles. The van der Waals surface area contributed by atoms with Crippen molar-refractivity contribution >= 4 is 5.78 Å². The zero-order valence-electron chi connectivity index (χ0n) is 7.26. The van der Waals surface area contributed by atoms with Crippen molar-refractivity contribution in [3.63, 3.8) is 0 Å². The van der Waals surface area contributed by atoms with Gasteiger partial charge in [0.15, 0.2) is 5.78 Å². The first-order chi connectivity index (χ1) is 5.07. The summed E-state index contributed by atoms with van der Waals surface area (Å²) in [5.74, 6) is 0.106. The molecule has 0 spiro atoms. The molecule has 0 bridgehead atoms. The number of hydrogen-bond donors (Lipinski definition) is 1. The number of carbonyl (C=O) groups excluding carboxylic acids is 1. The predicted octanol–water partition coefficient (Wildman–Crippen LogP) is 1.52. The zero-order chi connectivity index (χ0) is 8.48. The Morgan fingerprint density at radius 2 is 2.09 bits per heavy atom. The first-order valence-corrected chi connectivity index (χ1v) is 4.33. The van der Waals surface area contributed by atoms with E-state index in [9.17, 15) is 9.90 Å². The molecule has 0 aliphatic heterocycles. The lowest BCUT2D eigenvalue weighted by atomic mass is 9.76. The summed E-state index contributed by atoms with van der Waals surface area (Å²) >= 11 is 0. The minimum absolute atomic E-state index is 0.0405. The highest BCUT2D eigenvalue weighted by atomic mass is 16.3. The number of hydrogen-bond acceptors (Lipinski definition) is 2. The average Bonchev–Trinajstić information content (AvgIpc) is 1.95. The van der Waals surface area contributed by atoms with Crippen LogP contribution in [0.1, 0.15) is 39.5 Å². The molecule has 1 atom stereocenters. The monoisotopic (exact) mass is 156 g/mol. The Morgan fingerprint density at radius 1 is 1.45 bits per heavy atom. The van der Waals surface area contributed by atoms with Crippen LogP contribution in [-0.4, -0.2) is 16.5 Å². The lowest BCUT2D eigenvalue weighted by Gasteiger charge is -2.33. The van der Waals surface area contributed by atoms with Gasteiger partial charge in [-0.1, -0.05) is 13.8 Å². The second kappa shape index (κ2) is 2.94. The molecule has 1 aliphatic rings. The minimum atomic E-state index is -1.00. The molecule has 0 aromatic rings. The lowest BCUT2D eigenvalue weighted by Crippen LogP contribution is -2.45. The molecule has 1 rings (SSSR count). The fourth-order valence-corrected chi connectivity index (χ4v) is 1.65. The third kappa shape index (κ3) is 1.45. The molecule has 1 saturated carbocycles. The van der Waals surface area contributed by atoms with E-state index < -0.39 is 5.60 Å². The quantitative estimate of drug-likeness (QED) is 0.625. The van der Waals surface area contributed by atoms with E-state index in [1.165, 1.54) is 0 Å². The van der Waals surface area contributed by atoms with E-state index in [2.05, 4.69) is 0 Å². The second-order valence-corrected chi connectivity index (χ2v) is 3.71. The fourth-order valence-electron chi connectivity index (χ4n) is 1.65. The van der Waals surface area contributed by atoms with Crippen LogP contribution >= 0.6 is 0 Å². The van der Waals surface area contributed by atoms with Crippen LogP contribution in [0, 0.1) is 5.92 Å². The number of ketones is 1. The van der Waals surface area contributed by atoms with Gasteiger partial charge in [0.05, 0.1) is 0 Å². The maximum absolute atomic E-state index is 11.3. The average molecular weight is 156 g/mol. The Morgan fingerprint density at radius 3 is 2.45 bits per heavy atom. The second-order valence-electron chi connectivity index (χ2n) is 3.71. The van der Waals surface area contributed by atoms with Crippen LogP contribution in [0.5, 0.6) is 0 Å². The first-order valence-electron chi connectivity index (χ1n) is 4.33. The SMILES string of the molecule is CC(C)[C@@]1(O)CCCCC1=O. The molecule has 11 heavy (non-hydrogen) atoms. The largest absolute Gasteiger partial charge is 0.382 e. The number of carbonyl (C=O) groups is 1. The topological polar surface area (TPSA) is 37.3 Å². The molecular weight excluding hydrogens is 140 g/mol. The van der Waals surface area contributed by atoms with E-state index in [0.29, 0.717) is 12.8 Å². The van der Waals surface area contributed by atoms with Gasteiger partial charge in [0.25, 0.3) is 0 Å². The van der Waals surface area contributed by atoms with Crippen LogP contribution in [-0.2, 0) is 4.79 Å². The fraction of sp³-hybridized carbons (Fsp3) is 0.889. The van der Waals surface area contributed by atoms with Crippen molar-refractivity contribution in [2.45, 2.75) is 45.1 Å². The van der Waals surface area contributed by atoms with Gasteiger partial charge in [-0.25, -0.2) is 0 Å². The van der Waals surface area contributed by atoms with Gasteiger partial charge in [-0.2, -0.15) is 0 Å². The molecule has 0 radical (unpaired) electrons. The van der Waals surface area contributed by atoms with Gasteiger partial charge in [0.2, 0.25) is 0 Å². The molecule has 1 aliphatic carbocycles. The van der Waals surface area contributed by atoms with Gasteiger partial charge in [-0.05, 0) is 25.2 Å². The molecule has 64 valence electrons. The van der Waals surface area contributed by atoms with Gasteiger partial charge in [-0.15, -0.1) is 0 Å². The van der Waals surface area contributed by atoms with E-state index in [1.807, 2.05) is 13.8 Å². The lowest BCUT2D eigenvalue weighted by molar-refractivity contribution is -0.146. The third-order valence-electron chi connectivity index (χ3n) is 2.65. The van der Waals surface area contributed by atoms with Gasteiger partial charge in [-0.3, -0.25) is 4.79 Å². The summed E-state index contributed by atoms with van der Waals surface area (Å²) in [6.45, 7) is 3.81. The normalized spacial score (nSPS) is 32.9. The summed E-state index contributed by atoms with van der Waals surface area (Å²) in [5, 5.41) is 9.87. The summed E-state index contributed by atoms with van der Waals surface area (Å²) in [5.41, 5.74) is -1.00. The first kappa shape index (κ1) is 8.72. The van der Waals surface area contributed by atoms with Crippen molar-refractivity contribution in [3.8, 4) is 0 Å². The molecule has 2 nitrogen and oxygen atoms in total. The van der Waals surface area contributed by atoms with E-state index in [4.69, 9.17) is 0 Å². The van der Waals surface area contributed by atoms with Crippen molar-refractivity contribution in [3.05, 3.63) is 0 Å². The summed E-state index contributed by atoms with van der Waals surface area (Å²) in [6.07, 6.45) is 3.16. The molecule has 0 saturated heterocycles. The summed E-state index contributed by atoms with van der Waals surface area (Å²) < 4.78 is 0. The van der Waals surface area contributed by atoms with Crippen molar-refractivity contribution in [2.24, 2.45) is 5.92 Å². The Bertz CT molecular complexity index is 163. The molecule has 0 heterocycles. The highest BCUT2D eigenvalue weighted by Crippen LogP contribution is 2.30. The van der Waals surface area contributed by atoms with Crippen molar-refractivity contribution < 1.29 is 9.90 Å². The van der Waals surface area contributed by atoms with E-state index in [1.54, 1.807) is 0 Å². The van der Waals surface area contributed by atoms with Crippen LogP contribution in [0.25, 0.3) is 0 Å². The van der Waals surface area contributed by atoms with Crippen LogP contribution in [0.15, 0.2) is 0 Å². The number of Topliss-reactive ketones (excluding diaryl/α,β-unsaturated/α-hetero) is 1. The predicted molar refractivity (Wildman–Crippen MR) is 43.3 cm³/mol. The molecule has 0 aromatic heterocycles.